The van der Waals surface area contributed by atoms with Gasteiger partial charge in [-0.2, -0.15) is 12.0 Å². The van der Waals surface area contributed by atoms with Crippen molar-refractivity contribution in [2.45, 2.75) is 0 Å². The molecule has 0 aliphatic heterocycles. The number of hydrogen-bond acceptors (Lipinski definition) is 4. The van der Waals surface area contributed by atoms with E-state index in [0.29, 0.717) is 0 Å². The van der Waals surface area contributed by atoms with Gasteiger partial charge in [0.1, 0.15) is 32.5 Å². The van der Waals surface area contributed by atoms with Gasteiger partial charge in [0.05, 0.1) is 5.52 Å². The van der Waals surface area contributed by atoms with Crippen LogP contribution in [0.1, 0.15) is 0 Å². The highest BCUT2D eigenvalue weighted by Gasteiger charge is 2.28. The van der Waals surface area contributed by atoms with E-state index in [1.54, 1.807) is 6.20 Å². The van der Waals surface area contributed by atoms with Crippen LogP contribution in [0.2, 0.25) is 0 Å². The standard InChI is InChI=1S/C8H6Br2NO4P/c9-13-16(12,14-10)15-11-6-5-7-3-1-2-4-8(7)11/h1-6H. The molecule has 5 nitrogen and oxygen atoms in total. The Morgan fingerprint density at radius 2 is 1.81 bits per heavy atom. The molecule has 8 heteroatoms. The molecule has 0 N–H and O–H groups in total. The predicted molar refractivity (Wildman–Crippen MR) is 66.1 cm³/mol. The summed E-state index contributed by atoms with van der Waals surface area (Å²) in [4.78, 5) is 0. The average molecular weight is 371 g/mol. The van der Waals surface area contributed by atoms with Crippen molar-refractivity contribution in [1.82, 2.24) is 4.73 Å². The maximum atomic E-state index is 11.7. The van der Waals surface area contributed by atoms with E-state index in [-0.39, 0.29) is 0 Å². The molecular weight excluding hydrogens is 365 g/mol. The fourth-order valence-electron chi connectivity index (χ4n) is 1.27. The van der Waals surface area contributed by atoms with Crippen LogP contribution in [0, 0.1) is 0 Å². The summed E-state index contributed by atoms with van der Waals surface area (Å²) in [5, 5.41) is 0.957. The van der Waals surface area contributed by atoms with Crippen LogP contribution in [0.15, 0.2) is 36.5 Å². The number of hydrogen-bond donors (Lipinski definition) is 0. The summed E-state index contributed by atoms with van der Waals surface area (Å²) in [6, 6.07) is 9.29. The van der Waals surface area contributed by atoms with Gasteiger partial charge in [0, 0.05) is 11.6 Å². The molecular formula is C8H6Br2NO4P. The summed E-state index contributed by atoms with van der Waals surface area (Å²) < 4.78 is 27.0. The Morgan fingerprint density at radius 1 is 1.12 bits per heavy atom. The van der Waals surface area contributed by atoms with Gasteiger partial charge in [0.2, 0.25) is 0 Å². The van der Waals surface area contributed by atoms with Gasteiger partial charge in [-0.3, -0.25) is 0 Å². The van der Waals surface area contributed by atoms with Crippen LogP contribution in [0.5, 0.6) is 0 Å². The number of aromatic nitrogens is 1. The summed E-state index contributed by atoms with van der Waals surface area (Å²) in [5.41, 5.74) is 0.761. The minimum Gasteiger partial charge on any atom is -0.310 e. The van der Waals surface area contributed by atoms with Crippen LogP contribution in [0.4, 0.5) is 0 Å². The number of rotatable bonds is 4. The quantitative estimate of drug-likeness (QED) is 0.767. The van der Waals surface area contributed by atoms with Gasteiger partial charge in [-0.1, -0.05) is 18.2 Å². The van der Waals surface area contributed by atoms with Gasteiger partial charge >= 0.3 is 7.82 Å². The van der Waals surface area contributed by atoms with E-state index >= 15 is 0 Å². The Morgan fingerprint density at radius 3 is 2.50 bits per heavy atom. The Bertz CT molecular complexity index is 536. The summed E-state index contributed by atoms with van der Waals surface area (Å²) in [6.45, 7) is 0. The maximum Gasteiger partial charge on any atom is 0.571 e. The number of nitrogens with zero attached hydrogens (tertiary/aromatic N) is 1. The lowest BCUT2D eigenvalue weighted by molar-refractivity contribution is 0.218. The summed E-state index contributed by atoms with van der Waals surface area (Å²) in [5.74, 6) is 0. The second-order valence-electron chi connectivity index (χ2n) is 2.87. The van der Waals surface area contributed by atoms with Crippen LogP contribution in [-0.4, -0.2) is 4.73 Å². The van der Waals surface area contributed by atoms with Crippen LogP contribution in [0.25, 0.3) is 10.9 Å². The predicted octanol–water partition coefficient (Wildman–Crippen LogP) is 3.83. The Kier molecular flexibility index (Phi) is 3.71. The lowest BCUT2D eigenvalue weighted by Gasteiger charge is -2.12. The van der Waals surface area contributed by atoms with Crippen LogP contribution >= 0.6 is 40.3 Å². The van der Waals surface area contributed by atoms with E-state index in [4.69, 9.17) is 4.62 Å². The highest BCUT2D eigenvalue weighted by molar-refractivity contribution is 9.07. The first-order valence-electron chi connectivity index (χ1n) is 4.15. The molecule has 0 bridgehead atoms. The number of benzene rings is 1. The maximum absolute atomic E-state index is 11.7. The molecule has 0 amide bonds. The average Bonchev–Trinajstić information content (AvgIpc) is 2.73. The van der Waals surface area contributed by atoms with Crippen molar-refractivity contribution < 1.29 is 16.4 Å². The van der Waals surface area contributed by atoms with Crippen LogP contribution in [-0.2, 0) is 11.8 Å². The number of para-hydroxylation sites is 1. The highest BCUT2D eigenvalue weighted by atomic mass is 79.9. The molecule has 86 valence electrons. The Labute approximate surface area is 109 Å². The number of phosphoric acid groups is 1. The molecule has 16 heavy (non-hydrogen) atoms. The summed E-state index contributed by atoms with van der Waals surface area (Å²) in [6.07, 6.45) is 1.62. The minimum absolute atomic E-state index is 0.761. The van der Waals surface area contributed by atoms with Crippen LogP contribution in [0.3, 0.4) is 0 Å². The lowest BCUT2D eigenvalue weighted by Crippen LogP contribution is -2.07. The first kappa shape index (κ1) is 12.1. The third-order valence-corrected chi connectivity index (χ3v) is 4.76. The zero-order chi connectivity index (χ0) is 11.6. The van der Waals surface area contributed by atoms with E-state index < -0.39 is 7.82 Å². The van der Waals surface area contributed by atoms with Gasteiger partial charge in [-0.05, 0) is 12.1 Å². The fraction of sp³-hybridized carbons (Fsp3) is 0. The second-order valence-corrected chi connectivity index (χ2v) is 5.94. The molecule has 0 saturated heterocycles. The summed E-state index contributed by atoms with van der Waals surface area (Å²) >= 11 is 5.17. The van der Waals surface area contributed by atoms with Crippen LogP contribution < -0.4 is 4.62 Å². The number of fused-ring (bicyclic) bond motifs is 1. The molecule has 0 unspecified atom stereocenters. The largest absolute Gasteiger partial charge is 0.571 e. The zero-order valence-corrected chi connectivity index (χ0v) is 11.8. The topological polar surface area (TPSA) is 49.7 Å². The highest BCUT2D eigenvalue weighted by Crippen LogP contribution is 2.50. The lowest BCUT2D eigenvalue weighted by atomic mass is 10.3. The van der Waals surface area contributed by atoms with Crippen molar-refractivity contribution in [3.05, 3.63) is 36.5 Å². The molecule has 2 rings (SSSR count). The van der Waals surface area contributed by atoms with Gasteiger partial charge in [0.25, 0.3) is 0 Å². The van der Waals surface area contributed by atoms with E-state index in [1.165, 1.54) is 4.73 Å². The molecule has 0 fully saturated rings. The Hall–Kier alpha value is -0.330. The first-order chi connectivity index (χ1) is 7.68. The van der Waals surface area contributed by atoms with Crippen molar-refractivity contribution in [3.63, 3.8) is 0 Å². The summed E-state index contributed by atoms with van der Waals surface area (Å²) in [7, 11) is -3.68. The van der Waals surface area contributed by atoms with Crippen molar-refractivity contribution in [1.29, 1.82) is 0 Å². The van der Waals surface area contributed by atoms with E-state index in [9.17, 15) is 4.57 Å². The molecule has 0 aliphatic rings. The van der Waals surface area contributed by atoms with Crippen molar-refractivity contribution >= 4 is 51.2 Å². The smallest absolute Gasteiger partial charge is 0.310 e. The van der Waals surface area contributed by atoms with Gasteiger partial charge < -0.3 is 4.62 Å². The Balaban J connectivity index is 2.38. The van der Waals surface area contributed by atoms with E-state index in [2.05, 4.69) is 39.7 Å². The van der Waals surface area contributed by atoms with Crippen molar-refractivity contribution in [2.75, 3.05) is 0 Å². The van der Waals surface area contributed by atoms with Gasteiger partial charge in [0.15, 0.2) is 0 Å². The third-order valence-electron chi connectivity index (χ3n) is 1.92. The monoisotopic (exact) mass is 369 g/mol. The number of halogens is 2. The van der Waals surface area contributed by atoms with Crippen molar-refractivity contribution in [2.24, 2.45) is 0 Å². The molecule has 0 spiro atoms. The van der Waals surface area contributed by atoms with Gasteiger partial charge in [-0.15, -0.1) is 0 Å². The molecule has 2 aromatic rings. The van der Waals surface area contributed by atoms with Crippen molar-refractivity contribution in [3.8, 4) is 0 Å². The van der Waals surface area contributed by atoms with Gasteiger partial charge in [-0.25, -0.2) is 4.57 Å². The molecule has 0 radical (unpaired) electrons. The second kappa shape index (κ2) is 4.89. The van der Waals surface area contributed by atoms with E-state index in [0.717, 1.165) is 10.9 Å². The molecule has 0 atom stereocenters. The molecule has 0 aliphatic carbocycles. The van der Waals surface area contributed by atoms with E-state index in [1.807, 2.05) is 30.3 Å². The molecule has 0 saturated carbocycles. The normalized spacial score (nSPS) is 11.9. The minimum atomic E-state index is -3.68. The zero-order valence-electron chi connectivity index (χ0n) is 7.75. The molecule has 1 heterocycles. The first-order valence-corrected chi connectivity index (χ1v) is 6.91. The SMILES string of the molecule is O=P(OBr)(OBr)On1ccc2ccccc21. The molecule has 1 aromatic carbocycles. The fourth-order valence-corrected chi connectivity index (χ4v) is 2.85. The molecule has 1 aromatic heterocycles. The third kappa shape index (κ3) is 2.33.